The predicted octanol–water partition coefficient (Wildman–Crippen LogP) is 4.03. The van der Waals surface area contributed by atoms with Crippen LogP contribution >= 0.6 is 0 Å². The van der Waals surface area contributed by atoms with Crippen molar-refractivity contribution < 1.29 is 17.6 Å². The molecule has 0 unspecified atom stereocenters. The van der Waals surface area contributed by atoms with Crippen molar-refractivity contribution in [3.63, 3.8) is 0 Å². The number of benzene rings is 2. The largest absolute Gasteiger partial charge is 0.460 e. The maximum atomic E-state index is 12.2. The second-order valence-electron chi connectivity index (χ2n) is 6.56. The number of anilines is 1. The Hall–Kier alpha value is -3.16. The summed E-state index contributed by atoms with van der Waals surface area (Å²) in [6.07, 6.45) is 2.90. The summed E-state index contributed by atoms with van der Waals surface area (Å²) in [4.78, 5) is 12.3. The molecule has 0 saturated carbocycles. The van der Waals surface area contributed by atoms with E-state index in [2.05, 4.69) is 10.0 Å². The standard InChI is InChI=1S/C22H22N2O4S/c1-16-8-9-18(14-17(16)2)24-22(25)13-12-19-10-11-20(28-19)15-23-29(26,27)21-6-4-3-5-7-21/h3-14,23H,15H2,1-2H3,(H,24,25)/b13-12+. The number of furan rings is 1. The predicted molar refractivity (Wildman–Crippen MR) is 113 cm³/mol. The average molecular weight is 410 g/mol. The minimum Gasteiger partial charge on any atom is -0.460 e. The number of nitrogens with one attached hydrogen (secondary N) is 2. The summed E-state index contributed by atoms with van der Waals surface area (Å²) >= 11 is 0. The highest BCUT2D eigenvalue weighted by Crippen LogP contribution is 2.15. The molecular weight excluding hydrogens is 388 g/mol. The van der Waals surface area contributed by atoms with Gasteiger partial charge in [-0.25, -0.2) is 13.1 Å². The fraction of sp³-hybridized carbons (Fsp3) is 0.136. The molecule has 1 heterocycles. The molecule has 0 aliphatic carbocycles. The van der Waals surface area contributed by atoms with Crippen molar-refractivity contribution in [2.45, 2.75) is 25.3 Å². The van der Waals surface area contributed by atoms with Crippen LogP contribution in [0.5, 0.6) is 0 Å². The van der Waals surface area contributed by atoms with Gasteiger partial charge in [-0.2, -0.15) is 0 Å². The summed E-state index contributed by atoms with van der Waals surface area (Å²) in [5.41, 5.74) is 2.98. The topological polar surface area (TPSA) is 88.4 Å². The Balaban J connectivity index is 1.57. The van der Waals surface area contributed by atoms with Crippen LogP contribution in [0.3, 0.4) is 0 Å². The first-order chi connectivity index (χ1) is 13.8. The third-order valence-corrected chi connectivity index (χ3v) is 5.76. The number of carbonyl (C=O) groups is 1. The van der Waals surface area contributed by atoms with Crippen LogP contribution in [0.4, 0.5) is 5.69 Å². The molecule has 0 saturated heterocycles. The summed E-state index contributed by atoms with van der Waals surface area (Å²) < 4.78 is 32.5. The number of aryl methyl sites for hydroxylation is 2. The number of carbonyl (C=O) groups excluding carboxylic acids is 1. The van der Waals surface area contributed by atoms with Crippen molar-refractivity contribution >= 4 is 27.7 Å². The van der Waals surface area contributed by atoms with E-state index in [-0.39, 0.29) is 17.3 Å². The van der Waals surface area contributed by atoms with Gasteiger partial charge in [-0.1, -0.05) is 24.3 Å². The first kappa shape index (κ1) is 20.6. The molecule has 3 rings (SSSR count). The van der Waals surface area contributed by atoms with E-state index in [0.29, 0.717) is 11.5 Å². The lowest BCUT2D eigenvalue weighted by Gasteiger charge is -2.05. The van der Waals surface area contributed by atoms with E-state index in [0.717, 1.165) is 16.8 Å². The Labute approximate surface area is 170 Å². The van der Waals surface area contributed by atoms with E-state index in [1.807, 2.05) is 32.0 Å². The molecule has 0 aliphatic heterocycles. The smallest absolute Gasteiger partial charge is 0.248 e. The monoisotopic (exact) mass is 410 g/mol. The number of rotatable bonds is 7. The van der Waals surface area contributed by atoms with Crippen LogP contribution < -0.4 is 10.0 Å². The van der Waals surface area contributed by atoms with Gasteiger partial charge in [-0.15, -0.1) is 0 Å². The molecule has 0 bridgehead atoms. The quantitative estimate of drug-likeness (QED) is 0.576. The summed E-state index contributed by atoms with van der Waals surface area (Å²) in [5.74, 6) is 0.615. The fourth-order valence-corrected chi connectivity index (χ4v) is 3.60. The van der Waals surface area contributed by atoms with E-state index < -0.39 is 10.0 Å². The highest BCUT2D eigenvalue weighted by atomic mass is 32.2. The lowest BCUT2D eigenvalue weighted by Crippen LogP contribution is -2.22. The van der Waals surface area contributed by atoms with Gasteiger partial charge in [0.05, 0.1) is 11.4 Å². The number of amides is 1. The van der Waals surface area contributed by atoms with Gasteiger partial charge in [0.15, 0.2) is 0 Å². The van der Waals surface area contributed by atoms with Crippen molar-refractivity contribution in [2.75, 3.05) is 5.32 Å². The van der Waals surface area contributed by atoms with Crippen LogP contribution in [0.1, 0.15) is 22.6 Å². The molecule has 3 aromatic rings. The van der Waals surface area contributed by atoms with E-state index in [1.165, 1.54) is 24.3 Å². The van der Waals surface area contributed by atoms with Gasteiger partial charge in [-0.05, 0) is 67.4 Å². The summed E-state index contributed by atoms with van der Waals surface area (Å²) in [6, 6.07) is 17.1. The van der Waals surface area contributed by atoms with Gasteiger partial charge in [0.1, 0.15) is 11.5 Å². The van der Waals surface area contributed by atoms with Gasteiger partial charge >= 0.3 is 0 Å². The second-order valence-corrected chi connectivity index (χ2v) is 8.33. The molecule has 0 radical (unpaired) electrons. The van der Waals surface area contributed by atoms with Crippen molar-refractivity contribution in [1.82, 2.24) is 4.72 Å². The van der Waals surface area contributed by atoms with Crippen LogP contribution in [0.15, 0.2) is 76.1 Å². The molecule has 0 fully saturated rings. The molecule has 29 heavy (non-hydrogen) atoms. The molecule has 0 spiro atoms. The van der Waals surface area contributed by atoms with Gasteiger partial charge in [0, 0.05) is 11.8 Å². The number of hydrogen-bond donors (Lipinski definition) is 2. The van der Waals surface area contributed by atoms with Crippen LogP contribution in [-0.4, -0.2) is 14.3 Å². The van der Waals surface area contributed by atoms with E-state index in [9.17, 15) is 13.2 Å². The van der Waals surface area contributed by atoms with Crippen molar-refractivity contribution in [3.8, 4) is 0 Å². The zero-order chi connectivity index (χ0) is 20.9. The van der Waals surface area contributed by atoms with Gasteiger partial charge in [0.25, 0.3) is 0 Å². The average Bonchev–Trinajstić information content (AvgIpc) is 3.16. The Morgan fingerprint density at radius 2 is 1.76 bits per heavy atom. The van der Waals surface area contributed by atoms with Crippen LogP contribution in [0.25, 0.3) is 6.08 Å². The number of hydrogen-bond acceptors (Lipinski definition) is 4. The second kappa shape index (κ2) is 8.89. The molecule has 1 amide bonds. The third kappa shape index (κ3) is 5.66. The van der Waals surface area contributed by atoms with Crippen molar-refractivity contribution in [1.29, 1.82) is 0 Å². The lowest BCUT2D eigenvalue weighted by atomic mass is 10.1. The fourth-order valence-electron chi connectivity index (χ4n) is 2.59. The Morgan fingerprint density at radius 3 is 2.48 bits per heavy atom. The van der Waals surface area contributed by atoms with Gasteiger partial charge in [-0.3, -0.25) is 4.79 Å². The highest BCUT2D eigenvalue weighted by molar-refractivity contribution is 7.89. The van der Waals surface area contributed by atoms with Gasteiger partial charge in [0.2, 0.25) is 15.9 Å². The van der Waals surface area contributed by atoms with E-state index in [4.69, 9.17) is 4.42 Å². The maximum absolute atomic E-state index is 12.2. The molecule has 0 aliphatic rings. The SMILES string of the molecule is Cc1ccc(NC(=O)/C=C/c2ccc(CNS(=O)(=O)c3ccccc3)o2)cc1C. The molecule has 1 aromatic heterocycles. The summed E-state index contributed by atoms with van der Waals surface area (Å²) in [7, 11) is -3.61. The van der Waals surface area contributed by atoms with Gasteiger partial charge < -0.3 is 9.73 Å². The van der Waals surface area contributed by atoms with Crippen LogP contribution in [0, 0.1) is 13.8 Å². The van der Waals surface area contributed by atoms with Crippen molar-refractivity contribution in [3.05, 3.63) is 89.4 Å². The third-order valence-electron chi connectivity index (χ3n) is 4.35. The van der Waals surface area contributed by atoms with Crippen molar-refractivity contribution in [2.24, 2.45) is 0 Å². The first-order valence-corrected chi connectivity index (χ1v) is 10.5. The highest BCUT2D eigenvalue weighted by Gasteiger charge is 2.13. The molecule has 150 valence electrons. The van der Waals surface area contributed by atoms with E-state index >= 15 is 0 Å². The molecule has 2 aromatic carbocycles. The number of sulfonamides is 1. The normalized spacial score (nSPS) is 11.7. The Morgan fingerprint density at radius 1 is 1.00 bits per heavy atom. The minimum atomic E-state index is -3.61. The molecule has 2 N–H and O–H groups in total. The van der Waals surface area contributed by atoms with E-state index in [1.54, 1.807) is 30.3 Å². The molecule has 0 atom stereocenters. The van der Waals surface area contributed by atoms with Crippen LogP contribution in [0.2, 0.25) is 0 Å². The maximum Gasteiger partial charge on any atom is 0.248 e. The lowest BCUT2D eigenvalue weighted by molar-refractivity contribution is -0.111. The van der Waals surface area contributed by atoms with Crippen LogP contribution in [-0.2, 0) is 21.4 Å². The summed E-state index contributed by atoms with van der Waals surface area (Å²) in [5, 5.41) is 2.79. The Kier molecular flexibility index (Phi) is 6.31. The first-order valence-electron chi connectivity index (χ1n) is 9.03. The Bertz CT molecular complexity index is 1130. The summed E-state index contributed by atoms with van der Waals surface area (Å²) in [6.45, 7) is 4.01. The zero-order valence-corrected chi connectivity index (χ0v) is 17.0. The minimum absolute atomic E-state index is 0.0138. The molecule has 6 nitrogen and oxygen atoms in total. The molecule has 7 heteroatoms. The zero-order valence-electron chi connectivity index (χ0n) is 16.2. The molecular formula is C22H22N2O4S.